The second-order valence-corrected chi connectivity index (χ2v) is 9.36. The van der Waals surface area contributed by atoms with Crippen molar-refractivity contribution in [3.05, 3.63) is 16.1 Å². The van der Waals surface area contributed by atoms with E-state index in [1.54, 1.807) is 11.3 Å². The predicted octanol–water partition coefficient (Wildman–Crippen LogP) is 1.51. The molecular formula is C14H25N3O2S2. The van der Waals surface area contributed by atoms with Gasteiger partial charge >= 0.3 is 0 Å². The van der Waals surface area contributed by atoms with Crippen molar-refractivity contribution >= 4 is 21.2 Å². The van der Waals surface area contributed by atoms with E-state index in [1.165, 1.54) is 0 Å². The van der Waals surface area contributed by atoms with Crippen LogP contribution in [0.15, 0.2) is 5.38 Å². The number of hydrogen-bond donors (Lipinski definition) is 1. The molecule has 1 atom stereocenters. The van der Waals surface area contributed by atoms with Crippen LogP contribution in [0.2, 0.25) is 0 Å². The quantitative estimate of drug-likeness (QED) is 0.856. The van der Waals surface area contributed by atoms with Crippen LogP contribution in [-0.2, 0) is 22.9 Å². The zero-order valence-corrected chi connectivity index (χ0v) is 14.6. The summed E-state index contributed by atoms with van der Waals surface area (Å²) in [5.74, 6) is 1.17. The number of rotatable bonds is 6. The lowest BCUT2D eigenvalue weighted by atomic mass is 10.2. The van der Waals surface area contributed by atoms with Crippen molar-refractivity contribution < 1.29 is 8.42 Å². The number of aromatic nitrogens is 1. The van der Waals surface area contributed by atoms with Crippen molar-refractivity contribution in [1.29, 1.82) is 0 Å². The van der Waals surface area contributed by atoms with Gasteiger partial charge in [-0.3, -0.25) is 4.90 Å². The molecule has 1 aliphatic rings. The van der Waals surface area contributed by atoms with Gasteiger partial charge < -0.3 is 5.32 Å². The Morgan fingerprint density at radius 3 is 2.95 bits per heavy atom. The van der Waals surface area contributed by atoms with Gasteiger partial charge in [-0.25, -0.2) is 13.4 Å². The van der Waals surface area contributed by atoms with E-state index in [4.69, 9.17) is 0 Å². The predicted molar refractivity (Wildman–Crippen MR) is 87.2 cm³/mol. The fourth-order valence-corrected chi connectivity index (χ4v) is 4.83. The maximum absolute atomic E-state index is 11.6. The second-order valence-electron chi connectivity index (χ2n) is 6.19. The molecule has 2 rings (SSSR count). The zero-order valence-electron chi connectivity index (χ0n) is 13.0. The SMILES string of the molecule is CC(C)CNCc1nc(CN2CCS(=O)(=O)CC2C)cs1. The molecule has 1 N–H and O–H groups in total. The number of thiazole rings is 1. The molecular weight excluding hydrogens is 306 g/mol. The molecule has 1 aromatic heterocycles. The van der Waals surface area contributed by atoms with E-state index in [0.717, 1.165) is 30.3 Å². The van der Waals surface area contributed by atoms with Crippen molar-refractivity contribution in [2.24, 2.45) is 5.92 Å². The van der Waals surface area contributed by atoms with Gasteiger partial charge in [-0.1, -0.05) is 13.8 Å². The maximum atomic E-state index is 11.6. The topological polar surface area (TPSA) is 62.3 Å². The van der Waals surface area contributed by atoms with E-state index >= 15 is 0 Å². The van der Waals surface area contributed by atoms with E-state index in [1.807, 2.05) is 6.92 Å². The Kier molecular flexibility index (Phi) is 5.76. The first-order chi connectivity index (χ1) is 9.85. The van der Waals surface area contributed by atoms with Crippen LogP contribution in [0.3, 0.4) is 0 Å². The summed E-state index contributed by atoms with van der Waals surface area (Å²) in [5.41, 5.74) is 1.05. The molecule has 0 bridgehead atoms. The third-order valence-corrected chi connectivity index (χ3v) is 6.29. The molecule has 1 fully saturated rings. The van der Waals surface area contributed by atoms with Crippen LogP contribution in [0.25, 0.3) is 0 Å². The third kappa shape index (κ3) is 5.32. The van der Waals surface area contributed by atoms with Gasteiger partial charge in [-0.2, -0.15) is 0 Å². The van der Waals surface area contributed by atoms with Crippen LogP contribution >= 0.6 is 11.3 Å². The van der Waals surface area contributed by atoms with Crippen LogP contribution in [-0.4, -0.2) is 48.9 Å². The Hall–Kier alpha value is -0.500. The first kappa shape index (κ1) is 16.9. The summed E-state index contributed by atoms with van der Waals surface area (Å²) in [6.07, 6.45) is 0. The Balaban J connectivity index is 1.85. The molecule has 2 heterocycles. The van der Waals surface area contributed by atoms with E-state index < -0.39 is 9.84 Å². The van der Waals surface area contributed by atoms with Crippen LogP contribution in [0.4, 0.5) is 0 Å². The molecule has 0 radical (unpaired) electrons. The van der Waals surface area contributed by atoms with Gasteiger partial charge in [0.1, 0.15) is 5.01 Å². The normalized spacial score (nSPS) is 22.8. The lowest BCUT2D eigenvalue weighted by molar-refractivity contribution is 0.216. The fraction of sp³-hybridized carbons (Fsp3) is 0.786. The molecule has 0 amide bonds. The molecule has 0 aliphatic carbocycles. The van der Waals surface area contributed by atoms with E-state index in [2.05, 4.69) is 34.4 Å². The molecule has 1 aliphatic heterocycles. The minimum absolute atomic E-state index is 0.0768. The highest BCUT2D eigenvalue weighted by atomic mass is 32.2. The van der Waals surface area contributed by atoms with Crippen molar-refractivity contribution in [3.63, 3.8) is 0 Å². The largest absolute Gasteiger partial charge is 0.310 e. The van der Waals surface area contributed by atoms with Gasteiger partial charge in [0, 0.05) is 31.1 Å². The highest BCUT2D eigenvalue weighted by Crippen LogP contribution is 2.17. The summed E-state index contributed by atoms with van der Waals surface area (Å²) >= 11 is 1.67. The van der Waals surface area contributed by atoms with E-state index in [-0.39, 0.29) is 17.5 Å². The summed E-state index contributed by atoms with van der Waals surface area (Å²) in [7, 11) is -2.84. The average Bonchev–Trinajstić information content (AvgIpc) is 2.79. The van der Waals surface area contributed by atoms with Crippen LogP contribution in [0, 0.1) is 5.92 Å². The van der Waals surface area contributed by atoms with Crippen molar-refractivity contribution in [2.45, 2.75) is 39.9 Å². The van der Waals surface area contributed by atoms with Gasteiger partial charge in [0.05, 0.1) is 17.2 Å². The molecule has 7 heteroatoms. The summed E-state index contributed by atoms with van der Waals surface area (Å²) in [5, 5.41) is 6.58. The highest BCUT2D eigenvalue weighted by molar-refractivity contribution is 7.91. The second kappa shape index (κ2) is 7.17. The smallest absolute Gasteiger partial charge is 0.153 e. The highest BCUT2D eigenvalue weighted by Gasteiger charge is 2.28. The monoisotopic (exact) mass is 331 g/mol. The molecule has 21 heavy (non-hydrogen) atoms. The van der Waals surface area contributed by atoms with Gasteiger partial charge in [-0.05, 0) is 19.4 Å². The third-order valence-electron chi connectivity index (χ3n) is 3.60. The number of nitrogens with zero attached hydrogens (tertiary/aromatic N) is 2. The Morgan fingerprint density at radius 2 is 2.29 bits per heavy atom. The molecule has 1 aromatic rings. The lowest BCUT2D eigenvalue weighted by Crippen LogP contribution is -2.46. The molecule has 0 saturated carbocycles. The van der Waals surface area contributed by atoms with E-state index in [9.17, 15) is 8.42 Å². The van der Waals surface area contributed by atoms with Gasteiger partial charge in [-0.15, -0.1) is 11.3 Å². The first-order valence-corrected chi connectivity index (χ1v) is 10.1. The van der Waals surface area contributed by atoms with Crippen LogP contribution < -0.4 is 5.32 Å². The van der Waals surface area contributed by atoms with Gasteiger partial charge in [0.25, 0.3) is 0 Å². The van der Waals surface area contributed by atoms with Gasteiger partial charge in [0.2, 0.25) is 0 Å². The zero-order chi connectivity index (χ0) is 15.5. The van der Waals surface area contributed by atoms with Gasteiger partial charge in [0.15, 0.2) is 9.84 Å². The summed E-state index contributed by atoms with van der Waals surface area (Å²) < 4.78 is 23.2. The van der Waals surface area contributed by atoms with Crippen molar-refractivity contribution in [3.8, 4) is 0 Å². The number of nitrogens with one attached hydrogen (secondary N) is 1. The molecule has 0 spiro atoms. The molecule has 1 saturated heterocycles. The molecule has 1 unspecified atom stereocenters. The number of sulfone groups is 1. The minimum atomic E-state index is -2.84. The standard InChI is InChI=1S/C14H25N3O2S2/c1-11(2)6-15-7-14-16-13(9-20-14)8-17-4-5-21(18,19)10-12(17)3/h9,11-12,15H,4-8,10H2,1-3H3. The van der Waals surface area contributed by atoms with Crippen LogP contribution in [0.5, 0.6) is 0 Å². The summed E-state index contributed by atoms with van der Waals surface area (Å²) in [4.78, 5) is 6.85. The van der Waals surface area contributed by atoms with Crippen molar-refractivity contribution in [2.75, 3.05) is 24.6 Å². The fourth-order valence-electron chi connectivity index (χ4n) is 2.45. The molecule has 5 nitrogen and oxygen atoms in total. The Morgan fingerprint density at radius 1 is 1.52 bits per heavy atom. The first-order valence-electron chi connectivity index (χ1n) is 7.44. The maximum Gasteiger partial charge on any atom is 0.153 e. The minimum Gasteiger partial charge on any atom is -0.310 e. The summed E-state index contributed by atoms with van der Waals surface area (Å²) in [6, 6.07) is 0.0768. The molecule has 120 valence electrons. The Bertz CT molecular complexity index is 554. The van der Waals surface area contributed by atoms with Crippen LogP contribution in [0.1, 0.15) is 31.5 Å². The molecule has 0 aromatic carbocycles. The summed E-state index contributed by atoms with van der Waals surface area (Å²) in [6.45, 7) is 9.52. The van der Waals surface area contributed by atoms with E-state index in [0.29, 0.717) is 12.5 Å². The Labute approximate surface area is 131 Å². The average molecular weight is 332 g/mol. The lowest BCUT2D eigenvalue weighted by Gasteiger charge is -2.32. The number of hydrogen-bond acceptors (Lipinski definition) is 6. The van der Waals surface area contributed by atoms with Crippen molar-refractivity contribution in [1.82, 2.24) is 15.2 Å².